The number of carbonyl (C=O) groups is 1. The van der Waals surface area contributed by atoms with E-state index in [0.29, 0.717) is 11.8 Å². The Bertz CT molecular complexity index is 1300. The van der Waals surface area contributed by atoms with Gasteiger partial charge in [0.1, 0.15) is 17.7 Å². The van der Waals surface area contributed by atoms with E-state index in [4.69, 9.17) is 14.0 Å². The molecule has 1 aliphatic rings. The number of benzene rings is 1. The highest BCUT2D eigenvalue weighted by Gasteiger charge is 2.24. The molecule has 4 heterocycles. The average Bonchev–Trinajstić information content (AvgIpc) is 3.45. The van der Waals surface area contributed by atoms with Crippen molar-refractivity contribution >= 4 is 22.9 Å². The first kappa shape index (κ1) is 22.9. The summed E-state index contributed by atoms with van der Waals surface area (Å²) in [6.45, 7) is 7.15. The Morgan fingerprint density at radius 3 is 2.69 bits per heavy atom. The minimum Gasteiger partial charge on any atom is -0.489 e. The second kappa shape index (κ2) is 9.77. The Kier molecular flexibility index (Phi) is 6.39. The number of pyridine rings is 1. The molecule has 5 rings (SSSR count). The minimum atomic E-state index is -0.216. The largest absolute Gasteiger partial charge is 0.489 e. The van der Waals surface area contributed by atoms with E-state index in [0.717, 1.165) is 54.0 Å². The molecule has 0 saturated carbocycles. The topological polar surface area (TPSA) is 95.5 Å². The maximum absolute atomic E-state index is 12.0. The van der Waals surface area contributed by atoms with Crippen molar-refractivity contribution in [3.8, 4) is 11.6 Å². The van der Waals surface area contributed by atoms with E-state index in [1.165, 1.54) is 0 Å². The van der Waals surface area contributed by atoms with Gasteiger partial charge in [0.2, 0.25) is 0 Å². The maximum atomic E-state index is 12.0. The summed E-state index contributed by atoms with van der Waals surface area (Å²) in [5.41, 5.74) is 1.95. The molecule has 1 saturated heterocycles. The van der Waals surface area contributed by atoms with E-state index in [2.05, 4.69) is 20.0 Å². The number of anilines is 1. The van der Waals surface area contributed by atoms with E-state index >= 15 is 0 Å². The summed E-state index contributed by atoms with van der Waals surface area (Å²) in [4.78, 5) is 23.0. The predicted molar refractivity (Wildman–Crippen MR) is 131 cm³/mol. The highest BCUT2D eigenvalue weighted by molar-refractivity contribution is 5.84. The molecule has 0 bridgehead atoms. The van der Waals surface area contributed by atoms with Crippen molar-refractivity contribution in [1.82, 2.24) is 19.7 Å². The van der Waals surface area contributed by atoms with Crippen LogP contribution in [0.15, 0.2) is 53.3 Å². The molecule has 0 spiro atoms. The van der Waals surface area contributed by atoms with Gasteiger partial charge in [-0.3, -0.25) is 4.79 Å². The van der Waals surface area contributed by atoms with Crippen LogP contribution in [0.3, 0.4) is 0 Å². The molecule has 0 amide bonds. The molecule has 0 unspecified atom stereocenters. The fourth-order valence-electron chi connectivity index (χ4n) is 4.33. The van der Waals surface area contributed by atoms with E-state index in [-0.39, 0.29) is 24.6 Å². The summed E-state index contributed by atoms with van der Waals surface area (Å²) in [7, 11) is 0. The van der Waals surface area contributed by atoms with E-state index < -0.39 is 0 Å². The lowest BCUT2D eigenvalue weighted by atomic mass is 10.1. The van der Waals surface area contributed by atoms with Crippen molar-refractivity contribution in [2.75, 3.05) is 18.0 Å². The van der Waals surface area contributed by atoms with Gasteiger partial charge in [-0.2, -0.15) is 4.98 Å². The molecular weight excluding hydrogens is 446 g/mol. The van der Waals surface area contributed by atoms with Crippen LogP contribution in [0.5, 0.6) is 5.75 Å². The number of nitrogens with zero attached hydrogens (tertiary/aromatic N) is 5. The lowest BCUT2D eigenvalue weighted by Crippen LogP contribution is -2.38. The summed E-state index contributed by atoms with van der Waals surface area (Å²) in [5.74, 6) is 1.99. The van der Waals surface area contributed by atoms with Crippen LogP contribution in [0.1, 0.15) is 38.1 Å². The third-order valence-corrected chi connectivity index (χ3v) is 5.97. The highest BCUT2D eigenvalue weighted by atomic mass is 16.5. The second-order valence-electron chi connectivity index (χ2n) is 9.07. The first-order valence-corrected chi connectivity index (χ1v) is 11.9. The van der Waals surface area contributed by atoms with Gasteiger partial charge in [0.25, 0.3) is 0 Å². The lowest BCUT2D eigenvalue weighted by Gasteiger charge is -2.30. The molecule has 4 aromatic rings. The quantitative estimate of drug-likeness (QED) is 0.366. The van der Waals surface area contributed by atoms with Gasteiger partial charge in [0.05, 0.1) is 24.2 Å². The first-order valence-electron chi connectivity index (χ1n) is 11.9. The standard InChI is InChI=1S/C26H29N5O4/c1-17(2)33-25(32)15-19-4-6-23-20(14-19)8-13-31(23)24-7-5-22(16-27-24)34-21-9-11-30(12-10-21)26-28-18(3)29-35-26/h4-8,13-14,16-17,21H,9-12,15H2,1-3H3. The normalized spacial score (nSPS) is 14.6. The maximum Gasteiger partial charge on any atom is 0.324 e. The molecule has 3 aromatic heterocycles. The Hall–Kier alpha value is -3.88. The Morgan fingerprint density at radius 2 is 2.00 bits per heavy atom. The van der Waals surface area contributed by atoms with Crippen LogP contribution in [-0.4, -0.2) is 51.0 Å². The monoisotopic (exact) mass is 475 g/mol. The summed E-state index contributed by atoms with van der Waals surface area (Å²) in [6.07, 6.45) is 5.77. The van der Waals surface area contributed by atoms with Crippen molar-refractivity contribution in [2.24, 2.45) is 0 Å². The molecule has 0 radical (unpaired) electrons. The van der Waals surface area contributed by atoms with Gasteiger partial charge in [-0.05, 0) is 56.7 Å². The Balaban J connectivity index is 1.21. The molecular formula is C26H29N5O4. The number of carbonyl (C=O) groups excluding carboxylic acids is 1. The molecule has 1 aromatic carbocycles. The van der Waals surface area contributed by atoms with Crippen molar-refractivity contribution in [3.05, 3.63) is 60.2 Å². The van der Waals surface area contributed by atoms with Crippen molar-refractivity contribution in [3.63, 3.8) is 0 Å². The first-order chi connectivity index (χ1) is 16.9. The highest BCUT2D eigenvalue weighted by Crippen LogP contribution is 2.25. The zero-order chi connectivity index (χ0) is 24.4. The van der Waals surface area contributed by atoms with Gasteiger partial charge in [0, 0.05) is 37.5 Å². The van der Waals surface area contributed by atoms with Gasteiger partial charge in [-0.1, -0.05) is 11.2 Å². The lowest BCUT2D eigenvalue weighted by molar-refractivity contribution is -0.146. The van der Waals surface area contributed by atoms with Gasteiger partial charge in [-0.15, -0.1) is 0 Å². The van der Waals surface area contributed by atoms with Crippen LogP contribution in [0.4, 0.5) is 6.01 Å². The number of aryl methyl sites for hydroxylation is 1. The zero-order valence-corrected chi connectivity index (χ0v) is 20.2. The number of aromatic nitrogens is 4. The summed E-state index contributed by atoms with van der Waals surface area (Å²) >= 11 is 0. The molecule has 0 atom stereocenters. The average molecular weight is 476 g/mol. The molecule has 9 heteroatoms. The molecule has 9 nitrogen and oxygen atoms in total. The van der Waals surface area contributed by atoms with Crippen LogP contribution in [0.2, 0.25) is 0 Å². The third kappa shape index (κ3) is 5.29. The molecule has 0 aliphatic carbocycles. The van der Waals surface area contributed by atoms with Crippen LogP contribution in [-0.2, 0) is 16.0 Å². The zero-order valence-electron chi connectivity index (χ0n) is 20.2. The smallest absolute Gasteiger partial charge is 0.324 e. The van der Waals surface area contributed by atoms with Crippen LogP contribution < -0.4 is 9.64 Å². The predicted octanol–water partition coefficient (Wildman–Crippen LogP) is 4.26. The van der Waals surface area contributed by atoms with Gasteiger partial charge in [0.15, 0.2) is 5.82 Å². The summed E-state index contributed by atoms with van der Waals surface area (Å²) in [6, 6.07) is 12.5. The third-order valence-electron chi connectivity index (χ3n) is 5.97. The van der Waals surface area contributed by atoms with Gasteiger partial charge < -0.3 is 23.5 Å². The van der Waals surface area contributed by atoms with Crippen LogP contribution in [0.25, 0.3) is 16.7 Å². The minimum absolute atomic E-state index is 0.112. The van der Waals surface area contributed by atoms with Gasteiger partial charge in [-0.25, -0.2) is 4.98 Å². The van der Waals surface area contributed by atoms with Crippen molar-refractivity contribution < 1.29 is 18.8 Å². The Labute approximate surface area is 203 Å². The molecule has 182 valence electrons. The van der Waals surface area contributed by atoms with E-state index in [1.807, 2.05) is 67.9 Å². The molecule has 0 N–H and O–H groups in total. The second-order valence-corrected chi connectivity index (χ2v) is 9.07. The number of hydrogen-bond acceptors (Lipinski definition) is 8. The number of esters is 1. The molecule has 1 aliphatic heterocycles. The van der Waals surface area contributed by atoms with Crippen molar-refractivity contribution in [1.29, 1.82) is 0 Å². The number of ether oxygens (including phenoxy) is 2. The fourth-order valence-corrected chi connectivity index (χ4v) is 4.33. The van der Waals surface area contributed by atoms with E-state index in [9.17, 15) is 4.79 Å². The van der Waals surface area contributed by atoms with Crippen LogP contribution >= 0.6 is 0 Å². The number of hydrogen-bond donors (Lipinski definition) is 0. The summed E-state index contributed by atoms with van der Waals surface area (Å²) in [5, 5.41) is 4.91. The van der Waals surface area contributed by atoms with E-state index in [1.54, 1.807) is 6.20 Å². The van der Waals surface area contributed by atoms with Crippen LogP contribution in [0, 0.1) is 6.92 Å². The SMILES string of the molecule is Cc1noc(N2CCC(Oc3ccc(-n4ccc5cc(CC(=O)OC(C)C)ccc54)nc3)CC2)n1. The fraction of sp³-hybridized carbons (Fsp3) is 0.385. The molecule has 35 heavy (non-hydrogen) atoms. The van der Waals surface area contributed by atoms with Gasteiger partial charge >= 0.3 is 12.0 Å². The number of piperidine rings is 1. The molecule has 1 fully saturated rings. The van der Waals surface area contributed by atoms with Crippen molar-refractivity contribution in [2.45, 2.75) is 52.2 Å². The number of fused-ring (bicyclic) bond motifs is 1. The number of rotatable bonds is 7. The Morgan fingerprint density at radius 1 is 1.17 bits per heavy atom. The summed E-state index contributed by atoms with van der Waals surface area (Å²) < 4.78 is 18.7.